The molecule has 6 heteroatoms. The summed E-state index contributed by atoms with van der Waals surface area (Å²) in [5.74, 6) is 0. The first-order valence-electron chi connectivity index (χ1n) is 6.08. The first-order valence-corrected chi connectivity index (χ1v) is 7.31. The van der Waals surface area contributed by atoms with E-state index in [0.717, 1.165) is 19.4 Å². The second-order valence-corrected chi connectivity index (χ2v) is 6.43. The van der Waals surface area contributed by atoms with Crippen LogP contribution in [-0.2, 0) is 4.74 Å². The molecule has 0 aromatic heterocycles. The van der Waals surface area contributed by atoms with Gasteiger partial charge in [-0.15, -0.1) is 0 Å². The molecule has 1 amide bonds. The largest absolute Gasteiger partial charge is 1.00 e. The summed E-state index contributed by atoms with van der Waals surface area (Å²) >= 11 is 1.70. The Bertz CT molecular complexity index is 354. The molecule has 0 aromatic rings. The van der Waals surface area contributed by atoms with E-state index in [1.54, 1.807) is 11.8 Å². The van der Waals surface area contributed by atoms with Crippen LogP contribution in [0.1, 0.15) is 33.6 Å². The Morgan fingerprint density at radius 2 is 2.11 bits per heavy atom. The van der Waals surface area contributed by atoms with Gasteiger partial charge in [0.25, 0.3) is 0 Å². The van der Waals surface area contributed by atoms with Crippen LogP contribution >= 0.6 is 11.8 Å². The van der Waals surface area contributed by atoms with Crippen LogP contribution in [0.4, 0.5) is 4.79 Å². The number of carbonyl (C=O) groups excluding carboxylic acids is 1. The summed E-state index contributed by atoms with van der Waals surface area (Å²) in [6.45, 7) is 6.59. The first kappa shape index (κ1) is 16.1. The van der Waals surface area contributed by atoms with Crippen molar-refractivity contribution in [1.29, 1.82) is 0 Å². The van der Waals surface area contributed by atoms with Gasteiger partial charge in [0.1, 0.15) is 11.6 Å². The number of halogens is 1. The van der Waals surface area contributed by atoms with Gasteiger partial charge in [-0.05, 0) is 39.9 Å². The maximum absolute atomic E-state index is 12.2. The van der Waals surface area contributed by atoms with Crippen molar-refractivity contribution in [3.8, 4) is 0 Å². The van der Waals surface area contributed by atoms with Crippen LogP contribution in [0.2, 0.25) is 0 Å². The molecular weight excluding hydrogens is 363 g/mol. The smallest absolute Gasteiger partial charge is 0.411 e. The third-order valence-corrected chi connectivity index (χ3v) is 4.00. The van der Waals surface area contributed by atoms with Gasteiger partial charge in [-0.1, -0.05) is 11.8 Å². The quantitative estimate of drug-likeness (QED) is 0.475. The Hall–Kier alpha value is 0.0200. The fourth-order valence-corrected chi connectivity index (χ4v) is 3.21. The molecule has 0 saturated carbocycles. The van der Waals surface area contributed by atoms with Gasteiger partial charge in [0.15, 0.2) is 6.54 Å². The average Bonchev–Trinajstić information content (AvgIpc) is 2.52. The Morgan fingerprint density at radius 1 is 1.44 bits per heavy atom. The van der Waals surface area contributed by atoms with E-state index in [9.17, 15) is 4.79 Å². The molecule has 0 aliphatic carbocycles. The summed E-state index contributed by atoms with van der Waals surface area (Å²) in [6.07, 6.45) is 4.00. The third kappa shape index (κ3) is 3.31. The number of thioether (sulfide) groups is 1. The molecule has 0 aromatic carbocycles. The number of hydrogen-bond donors (Lipinski definition) is 1. The number of amides is 1. The van der Waals surface area contributed by atoms with Crippen molar-refractivity contribution < 1.29 is 38.5 Å². The van der Waals surface area contributed by atoms with Crippen molar-refractivity contribution in [2.75, 3.05) is 12.8 Å². The van der Waals surface area contributed by atoms with E-state index in [-0.39, 0.29) is 36.1 Å². The topological polar surface area (TPSA) is 43.5 Å². The molecule has 2 heterocycles. The fourth-order valence-electron chi connectivity index (χ4n) is 2.48. The molecule has 2 rings (SSSR count). The van der Waals surface area contributed by atoms with E-state index in [4.69, 9.17) is 4.74 Å². The Balaban J connectivity index is 0.00000162. The third-order valence-electron chi connectivity index (χ3n) is 3.14. The average molecular weight is 384 g/mol. The second-order valence-electron chi connectivity index (χ2n) is 5.58. The van der Waals surface area contributed by atoms with Crippen LogP contribution in [0.15, 0.2) is 0 Å². The summed E-state index contributed by atoms with van der Waals surface area (Å²) in [6, 6.07) is 0.504. The van der Waals surface area contributed by atoms with Crippen molar-refractivity contribution in [3.05, 3.63) is 0 Å². The highest BCUT2D eigenvalue weighted by molar-refractivity contribution is 8.13. The molecule has 2 bridgehead atoms. The minimum Gasteiger partial charge on any atom is -1.00 e. The van der Waals surface area contributed by atoms with Gasteiger partial charge >= 0.3 is 6.09 Å². The molecule has 18 heavy (non-hydrogen) atoms. The van der Waals surface area contributed by atoms with Gasteiger partial charge in [-0.25, -0.2) is 9.79 Å². The lowest BCUT2D eigenvalue weighted by Gasteiger charge is -2.32. The Kier molecular flexibility index (Phi) is 5.34. The monoisotopic (exact) mass is 384 g/mol. The summed E-state index contributed by atoms with van der Waals surface area (Å²) in [5, 5.41) is 1.20. The van der Waals surface area contributed by atoms with Gasteiger partial charge in [-0.2, -0.15) is 0 Å². The summed E-state index contributed by atoms with van der Waals surface area (Å²) in [7, 11) is 0. The maximum atomic E-state index is 12.2. The molecular formula is C12H21IN2O2S. The number of fused-ring (bicyclic) bond motifs is 2. The van der Waals surface area contributed by atoms with E-state index < -0.39 is 5.60 Å². The van der Waals surface area contributed by atoms with Gasteiger partial charge < -0.3 is 28.7 Å². The zero-order chi connectivity index (χ0) is 12.6. The molecule has 0 radical (unpaired) electrons. The zero-order valence-corrected chi connectivity index (χ0v) is 14.3. The van der Waals surface area contributed by atoms with Crippen molar-refractivity contribution in [3.63, 3.8) is 0 Å². The second kappa shape index (κ2) is 5.98. The van der Waals surface area contributed by atoms with Gasteiger partial charge in [-0.3, -0.25) is 4.90 Å². The van der Waals surface area contributed by atoms with E-state index in [0.29, 0.717) is 6.04 Å². The van der Waals surface area contributed by atoms with Crippen LogP contribution < -0.4 is 29.0 Å². The summed E-state index contributed by atoms with van der Waals surface area (Å²) < 4.78 is 5.49. The Morgan fingerprint density at radius 3 is 2.67 bits per heavy atom. The molecule has 2 aliphatic rings. The van der Waals surface area contributed by atoms with Crippen LogP contribution in [-0.4, -0.2) is 46.5 Å². The van der Waals surface area contributed by atoms with Gasteiger partial charge in [0, 0.05) is 0 Å². The number of nitrogens with one attached hydrogen (secondary N) is 1. The number of nitrogens with zero attached hydrogens (tertiary/aromatic N) is 1. The SMILES string of the molecule is CSC1=[NH+]C[C@@H]2CC[C@H]1N2C(=O)OC(C)(C)C.[I-]. The minimum atomic E-state index is -0.416. The van der Waals surface area contributed by atoms with Crippen molar-refractivity contribution >= 4 is 22.9 Å². The molecule has 1 fully saturated rings. The predicted molar refractivity (Wildman–Crippen MR) is 69.2 cm³/mol. The van der Waals surface area contributed by atoms with Crippen molar-refractivity contribution in [2.24, 2.45) is 0 Å². The van der Waals surface area contributed by atoms with Gasteiger partial charge in [0.2, 0.25) is 5.04 Å². The van der Waals surface area contributed by atoms with E-state index in [2.05, 4.69) is 4.99 Å². The van der Waals surface area contributed by atoms with Crippen LogP contribution in [0.25, 0.3) is 0 Å². The predicted octanol–water partition coefficient (Wildman–Crippen LogP) is -2.39. The molecule has 2 atom stereocenters. The van der Waals surface area contributed by atoms with Crippen LogP contribution in [0.5, 0.6) is 0 Å². The lowest BCUT2D eigenvalue weighted by Crippen LogP contribution is -3.00. The zero-order valence-electron chi connectivity index (χ0n) is 11.3. The van der Waals surface area contributed by atoms with Crippen molar-refractivity contribution in [2.45, 2.75) is 51.3 Å². The molecule has 104 valence electrons. The number of ether oxygens (including phenoxy) is 1. The lowest BCUT2D eigenvalue weighted by molar-refractivity contribution is -0.468. The highest BCUT2D eigenvalue weighted by Gasteiger charge is 2.47. The molecule has 1 N–H and O–H groups in total. The van der Waals surface area contributed by atoms with Crippen LogP contribution in [0.3, 0.4) is 0 Å². The molecule has 2 aliphatic heterocycles. The highest BCUT2D eigenvalue weighted by atomic mass is 127. The van der Waals surface area contributed by atoms with Crippen molar-refractivity contribution in [1.82, 2.24) is 4.90 Å². The lowest BCUT2D eigenvalue weighted by atomic mass is 10.2. The normalized spacial score (nSPS) is 26.4. The van der Waals surface area contributed by atoms with E-state index in [1.807, 2.05) is 31.9 Å². The first-order chi connectivity index (χ1) is 7.92. The molecule has 0 unspecified atom stereocenters. The van der Waals surface area contributed by atoms with E-state index in [1.165, 1.54) is 5.04 Å². The molecule has 1 saturated heterocycles. The standard InChI is InChI=1S/C12H20N2O2S.HI/c1-12(2,3)16-11(15)14-8-5-6-9(14)10(17-4)13-7-8;/h8-9H,5-7H2,1-4H3;1H/t8-,9+;/m0./s1. The molecule has 4 nitrogen and oxygen atoms in total. The summed E-state index contributed by atoms with van der Waals surface area (Å²) in [4.78, 5) is 17.5. The highest BCUT2D eigenvalue weighted by Crippen LogP contribution is 2.29. The fraction of sp³-hybridized carbons (Fsp3) is 0.833. The number of rotatable bonds is 0. The maximum Gasteiger partial charge on any atom is 0.411 e. The summed E-state index contributed by atoms with van der Waals surface area (Å²) in [5.41, 5.74) is -0.416. The Labute approximate surface area is 130 Å². The van der Waals surface area contributed by atoms with Crippen LogP contribution in [0, 0.1) is 0 Å². The molecule has 0 spiro atoms. The number of carbonyl (C=O) groups is 1. The van der Waals surface area contributed by atoms with Gasteiger partial charge in [0.05, 0.1) is 6.04 Å². The van der Waals surface area contributed by atoms with E-state index >= 15 is 0 Å². The minimum absolute atomic E-state index is 0. The number of hydrogen-bond acceptors (Lipinski definition) is 3.